The summed E-state index contributed by atoms with van der Waals surface area (Å²) in [6, 6.07) is 18.9. The molecule has 5 rings (SSSR count). The van der Waals surface area contributed by atoms with E-state index in [0.717, 1.165) is 25.7 Å². The Labute approximate surface area is 232 Å². The number of hydrogen-bond acceptors (Lipinski definition) is 4. The molecule has 0 saturated heterocycles. The van der Waals surface area contributed by atoms with Crippen molar-refractivity contribution in [1.82, 2.24) is 15.6 Å². The first-order chi connectivity index (χ1) is 18.8. The van der Waals surface area contributed by atoms with E-state index < -0.39 is 12.1 Å². The maximum absolute atomic E-state index is 14.5. The summed E-state index contributed by atoms with van der Waals surface area (Å²) < 4.78 is 0. The molecule has 39 heavy (non-hydrogen) atoms. The van der Waals surface area contributed by atoms with E-state index in [9.17, 15) is 9.59 Å². The van der Waals surface area contributed by atoms with Gasteiger partial charge in [0.05, 0.1) is 6.04 Å². The Kier molecular flexibility index (Phi) is 8.12. The van der Waals surface area contributed by atoms with E-state index in [4.69, 9.17) is 0 Å². The van der Waals surface area contributed by atoms with Crippen LogP contribution in [0.1, 0.15) is 81.2 Å². The fraction of sp³-hybridized carbons (Fsp3) is 0.424. The van der Waals surface area contributed by atoms with Gasteiger partial charge in [-0.15, -0.1) is 0 Å². The quantitative estimate of drug-likeness (QED) is 0.439. The van der Waals surface area contributed by atoms with Crippen molar-refractivity contribution in [3.8, 4) is 0 Å². The largest absolute Gasteiger partial charge is 0.351 e. The Morgan fingerprint density at radius 1 is 0.949 bits per heavy atom. The summed E-state index contributed by atoms with van der Waals surface area (Å²) in [4.78, 5) is 34.6. The molecule has 2 aliphatic rings. The minimum atomic E-state index is -0.826. The van der Waals surface area contributed by atoms with Crippen molar-refractivity contribution < 1.29 is 9.59 Å². The Bertz CT molecular complexity index is 1280. The molecular formula is C33H40N4O2. The second-order valence-electron chi connectivity index (χ2n) is 11.9. The predicted molar refractivity (Wildman–Crippen MR) is 155 cm³/mol. The van der Waals surface area contributed by atoms with Gasteiger partial charge in [0.2, 0.25) is 11.8 Å². The van der Waals surface area contributed by atoms with Crippen LogP contribution in [0.2, 0.25) is 0 Å². The van der Waals surface area contributed by atoms with Crippen molar-refractivity contribution in [3.63, 3.8) is 0 Å². The number of anilines is 1. The standard InChI is InChI=1S/C33H40N4O2/c1-33(2,3)26-15-17-28(18-16-26)37(32(39)29-20-23-10-7-8-11-24(23)22-35-29)30(25-12-9-19-34-21-25)31(38)36-27-13-5-4-6-14-27/h7-12,15-19,21,27,29-30,35H,4-6,13-14,20,22H2,1-3H3,(H,36,38)/t29-,30?/m1/s1. The van der Waals surface area contributed by atoms with Gasteiger partial charge in [0.15, 0.2) is 0 Å². The molecule has 1 aliphatic heterocycles. The van der Waals surface area contributed by atoms with E-state index >= 15 is 0 Å². The molecule has 3 aromatic rings. The summed E-state index contributed by atoms with van der Waals surface area (Å²) in [6.45, 7) is 7.13. The van der Waals surface area contributed by atoms with Crippen molar-refractivity contribution in [2.75, 3.05) is 4.90 Å². The van der Waals surface area contributed by atoms with Gasteiger partial charge in [0.25, 0.3) is 0 Å². The van der Waals surface area contributed by atoms with Crippen LogP contribution in [0.15, 0.2) is 73.1 Å². The summed E-state index contributed by atoms with van der Waals surface area (Å²) in [7, 11) is 0. The predicted octanol–water partition coefficient (Wildman–Crippen LogP) is 5.62. The molecule has 0 radical (unpaired) electrons. The first kappa shape index (κ1) is 27.1. The average Bonchev–Trinajstić information content (AvgIpc) is 2.96. The molecule has 2 aromatic carbocycles. The highest BCUT2D eigenvalue weighted by molar-refractivity contribution is 6.04. The molecule has 6 nitrogen and oxygen atoms in total. The van der Waals surface area contributed by atoms with Crippen LogP contribution in [0.25, 0.3) is 0 Å². The smallest absolute Gasteiger partial charge is 0.248 e. The van der Waals surface area contributed by atoms with Gasteiger partial charge >= 0.3 is 0 Å². The summed E-state index contributed by atoms with van der Waals surface area (Å²) in [5.74, 6) is -0.264. The van der Waals surface area contributed by atoms with Gasteiger partial charge in [0, 0.05) is 36.2 Å². The van der Waals surface area contributed by atoms with Gasteiger partial charge in [-0.25, -0.2) is 0 Å². The summed E-state index contributed by atoms with van der Waals surface area (Å²) in [5, 5.41) is 6.74. The van der Waals surface area contributed by atoms with Gasteiger partial charge in [-0.1, -0.05) is 82.5 Å². The Morgan fingerprint density at radius 3 is 2.33 bits per heavy atom. The lowest BCUT2D eigenvalue weighted by atomic mass is 9.87. The molecule has 2 atom stereocenters. The minimum Gasteiger partial charge on any atom is -0.351 e. The van der Waals surface area contributed by atoms with Crippen LogP contribution in [-0.4, -0.2) is 28.9 Å². The van der Waals surface area contributed by atoms with Crippen LogP contribution in [0.5, 0.6) is 0 Å². The molecular weight excluding hydrogens is 484 g/mol. The number of pyridine rings is 1. The third-order valence-corrected chi connectivity index (χ3v) is 8.09. The van der Waals surface area contributed by atoms with E-state index in [1.54, 1.807) is 17.3 Å². The summed E-state index contributed by atoms with van der Waals surface area (Å²) in [6.07, 6.45) is 9.37. The van der Waals surface area contributed by atoms with Crippen molar-refractivity contribution in [1.29, 1.82) is 0 Å². The van der Waals surface area contributed by atoms with E-state index in [1.807, 2.05) is 36.4 Å². The minimum absolute atomic E-state index is 0.0247. The second kappa shape index (κ2) is 11.7. The summed E-state index contributed by atoms with van der Waals surface area (Å²) in [5.41, 5.74) is 4.94. The SMILES string of the molecule is CC(C)(C)c1ccc(N(C(=O)[C@H]2Cc3ccccc3CN2)C(C(=O)NC2CCCCC2)c2cccnc2)cc1. The summed E-state index contributed by atoms with van der Waals surface area (Å²) >= 11 is 0. The van der Waals surface area contributed by atoms with Gasteiger partial charge < -0.3 is 10.6 Å². The third kappa shape index (κ3) is 6.22. The lowest BCUT2D eigenvalue weighted by Crippen LogP contribution is -2.54. The fourth-order valence-corrected chi connectivity index (χ4v) is 5.80. The number of benzene rings is 2. The number of amides is 2. The van der Waals surface area contributed by atoms with Gasteiger partial charge in [-0.05, 0) is 59.6 Å². The first-order valence-corrected chi connectivity index (χ1v) is 14.3. The van der Waals surface area contributed by atoms with Crippen molar-refractivity contribution >= 4 is 17.5 Å². The monoisotopic (exact) mass is 524 g/mol. The normalized spacial score (nSPS) is 18.6. The number of rotatable bonds is 6. The Morgan fingerprint density at radius 2 is 1.67 bits per heavy atom. The molecule has 1 aromatic heterocycles. The van der Waals surface area contributed by atoms with Crippen LogP contribution < -0.4 is 15.5 Å². The molecule has 204 valence electrons. The molecule has 2 amide bonds. The molecule has 6 heteroatoms. The highest BCUT2D eigenvalue weighted by Crippen LogP contribution is 2.32. The van der Waals surface area contributed by atoms with E-state index in [2.05, 4.69) is 60.7 Å². The molecule has 2 N–H and O–H groups in total. The lowest BCUT2D eigenvalue weighted by molar-refractivity contribution is -0.128. The van der Waals surface area contributed by atoms with Crippen LogP contribution in [0, 0.1) is 0 Å². The Hall–Kier alpha value is -3.51. The molecule has 1 saturated carbocycles. The van der Waals surface area contributed by atoms with E-state index in [0.29, 0.717) is 24.2 Å². The topological polar surface area (TPSA) is 74.3 Å². The number of carbonyl (C=O) groups is 2. The highest BCUT2D eigenvalue weighted by Gasteiger charge is 2.38. The van der Waals surface area contributed by atoms with Crippen LogP contribution in [0.4, 0.5) is 5.69 Å². The molecule has 0 spiro atoms. The van der Waals surface area contributed by atoms with Crippen LogP contribution in [0.3, 0.4) is 0 Å². The maximum Gasteiger partial charge on any atom is 0.248 e. The number of nitrogens with one attached hydrogen (secondary N) is 2. The van der Waals surface area contributed by atoms with Gasteiger partial charge in [-0.3, -0.25) is 19.5 Å². The number of nitrogens with zero attached hydrogens (tertiary/aromatic N) is 2. The highest BCUT2D eigenvalue weighted by atomic mass is 16.2. The number of hydrogen-bond donors (Lipinski definition) is 2. The third-order valence-electron chi connectivity index (χ3n) is 8.09. The zero-order valence-electron chi connectivity index (χ0n) is 23.3. The molecule has 1 aliphatic carbocycles. The second-order valence-corrected chi connectivity index (χ2v) is 11.9. The molecule has 1 fully saturated rings. The zero-order chi connectivity index (χ0) is 27.4. The van der Waals surface area contributed by atoms with E-state index in [-0.39, 0.29) is 23.3 Å². The van der Waals surface area contributed by atoms with Gasteiger partial charge in [0.1, 0.15) is 6.04 Å². The fourth-order valence-electron chi connectivity index (χ4n) is 5.80. The maximum atomic E-state index is 14.5. The number of carbonyl (C=O) groups excluding carboxylic acids is 2. The van der Waals surface area contributed by atoms with Crippen molar-refractivity contribution in [3.05, 3.63) is 95.3 Å². The molecule has 1 unspecified atom stereocenters. The van der Waals surface area contributed by atoms with Crippen LogP contribution >= 0.6 is 0 Å². The molecule has 0 bridgehead atoms. The van der Waals surface area contributed by atoms with Crippen LogP contribution in [-0.2, 0) is 28.0 Å². The first-order valence-electron chi connectivity index (χ1n) is 14.3. The van der Waals surface area contributed by atoms with Gasteiger partial charge in [-0.2, -0.15) is 0 Å². The van der Waals surface area contributed by atoms with Crippen molar-refractivity contribution in [2.45, 2.75) is 89.4 Å². The number of fused-ring (bicyclic) bond motifs is 1. The Balaban J connectivity index is 1.54. The number of aromatic nitrogens is 1. The molecule has 2 heterocycles. The van der Waals surface area contributed by atoms with E-state index in [1.165, 1.54) is 23.1 Å². The average molecular weight is 525 g/mol. The van der Waals surface area contributed by atoms with Crippen molar-refractivity contribution in [2.24, 2.45) is 0 Å². The lowest BCUT2D eigenvalue weighted by Gasteiger charge is -2.37. The zero-order valence-corrected chi connectivity index (χ0v) is 23.3.